The van der Waals surface area contributed by atoms with E-state index in [0.717, 1.165) is 32.2 Å². The van der Waals surface area contributed by atoms with Crippen LogP contribution in [0.25, 0.3) is 0 Å². The van der Waals surface area contributed by atoms with Crippen molar-refractivity contribution in [3.8, 4) is 0 Å². The van der Waals surface area contributed by atoms with Gasteiger partial charge in [0.15, 0.2) is 5.96 Å². The van der Waals surface area contributed by atoms with Gasteiger partial charge in [-0.05, 0) is 38.9 Å². The summed E-state index contributed by atoms with van der Waals surface area (Å²) in [6.07, 6.45) is 0. The second-order valence-corrected chi connectivity index (χ2v) is 5.83. The van der Waals surface area contributed by atoms with E-state index in [1.54, 1.807) is 7.05 Å². The van der Waals surface area contributed by atoms with Crippen LogP contribution in [0, 0.1) is 0 Å². The molecule has 138 valence electrons. The molecular formula is C18H33IN4O. The minimum absolute atomic E-state index is 0. The van der Waals surface area contributed by atoms with Crippen LogP contribution in [-0.4, -0.2) is 50.8 Å². The molecule has 0 unspecified atom stereocenters. The Kier molecular flexibility index (Phi) is 13.0. The van der Waals surface area contributed by atoms with Gasteiger partial charge < -0.3 is 15.4 Å². The van der Waals surface area contributed by atoms with E-state index in [9.17, 15) is 0 Å². The molecule has 0 amide bonds. The smallest absolute Gasteiger partial charge is 0.191 e. The fourth-order valence-electron chi connectivity index (χ4n) is 2.12. The first-order chi connectivity index (χ1) is 11.1. The van der Waals surface area contributed by atoms with E-state index < -0.39 is 0 Å². The van der Waals surface area contributed by atoms with Crippen LogP contribution in [-0.2, 0) is 17.8 Å². The second kappa shape index (κ2) is 13.4. The highest BCUT2D eigenvalue weighted by atomic mass is 127. The van der Waals surface area contributed by atoms with Crippen molar-refractivity contribution in [3.05, 3.63) is 35.4 Å². The minimum atomic E-state index is 0. The van der Waals surface area contributed by atoms with Gasteiger partial charge in [0.25, 0.3) is 0 Å². The first kappa shape index (κ1) is 23.1. The van der Waals surface area contributed by atoms with E-state index in [1.165, 1.54) is 11.1 Å². The third-order valence-electron chi connectivity index (χ3n) is 3.83. The quantitative estimate of drug-likeness (QED) is 0.264. The van der Waals surface area contributed by atoms with Gasteiger partial charge in [-0.3, -0.25) is 9.89 Å². The lowest BCUT2D eigenvalue weighted by atomic mass is 10.1. The number of guanidine groups is 1. The summed E-state index contributed by atoms with van der Waals surface area (Å²) in [7, 11) is 3.94. The minimum Gasteiger partial charge on any atom is -0.380 e. The van der Waals surface area contributed by atoms with E-state index in [0.29, 0.717) is 12.6 Å². The fourth-order valence-corrected chi connectivity index (χ4v) is 2.12. The molecule has 0 atom stereocenters. The number of nitrogens with one attached hydrogen (secondary N) is 2. The standard InChI is InChI=1S/C18H32N4O.HI/c1-6-23-12-11-20-18(19-4)21-13-16-9-7-8-10-17(16)14-22(5)15(2)3;/h7-10,15H,6,11-14H2,1-5H3,(H2,19,20,21);1H. The molecular weight excluding hydrogens is 415 g/mol. The highest BCUT2D eigenvalue weighted by Gasteiger charge is 2.08. The zero-order chi connectivity index (χ0) is 17.1. The summed E-state index contributed by atoms with van der Waals surface area (Å²) in [5.74, 6) is 0.803. The van der Waals surface area contributed by atoms with Crippen LogP contribution < -0.4 is 10.6 Å². The van der Waals surface area contributed by atoms with Crippen LogP contribution >= 0.6 is 24.0 Å². The van der Waals surface area contributed by atoms with Gasteiger partial charge in [0, 0.05) is 39.3 Å². The van der Waals surface area contributed by atoms with Gasteiger partial charge in [-0.15, -0.1) is 24.0 Å². The van der Waals surface area contributed by atoms with E-state index in [4.69, 9.17) is 4.74 Å². The Hall–Kier alpha value is -0.860. The lowest BCUT2D eigenvalue weighted by Crippen LogP contribution is -2.38. The highest BCUT2D eigenvalue weighted by molar-refractivity contribution is 14.0. The molecule has 1 rings (SSSR count). The maximum atomic E-state index is 5.33. The summed E-state index contributed by atoms with van der Waals surface area (Å²) in [4.78, 5) is 6.59. The molecule has 0 bridgehead atoms. The molecule has 0 aliphatic carbocycles. The topological polar surface area (TPSA) is 48.9 Å². The predicted octanol–water partition coefficient (Wildman–Crippen LogP) is 2.85. The molecule has 0 aromatic heterocycles. The molecule has 0 aliphatic heterocycles. The Balaban J connectivity index is 0.00000529. The van der Waals surface area contributed by atoms with Gasteiger partial charge in [0.2, 0.25) is 0 Å². The zero-order valence-corrected chi connectivity index (χ0v) is 18.0. The maximum absolute atomic E-state index is 5.33. The summed E-state index contributed by atoms with van der Waals surface area (Å²) in [6.45, 7) is 10.3. The summed E-state index contributed by atoms with van der Waals surface area (Å²) in [5.41, 5.74) is 2.65. The summed E-state index contributed by atoms with van der Waals surface area (Å²) in [6, 6.07) is 9.08. The van der Waals surface area contributed by atoms with E-state index in [1.807, 2.05) is 6.92 Å². The van der Waals surface area contributed by atoms with E-state index >= 15 is 0 Å². The Bertz CT molecular complexity index is 480. The molecule has 0 heterocycles. The summed E-state index contributed by atoms with van der Waals surface area (Å²) in [5, 5.41) is 6.63. The van der Waals surface area contributed by atoms with Gasteiger partial charge in [0.1, 0.15) is 0 Å². The zero-order valence-electron chi connectivity index (χ0n) is 15.6. The van der Waals surface area contributed by atoms with E-state index in [-0.39, 0.29) is 24.0 Å². The molecule has 0 saturated heterocycles. The van der Waals surface area contributed by atoms with Crippen LogP contribution in [0.5, 0.6) is 0 Å². The van der Waals surface area contributed by atoms with Crippen LogP contribution in [0.15, 0.2) is 29.3 Å². The monoisotopic (exact) mass is 448 g/mol. The Morgan fingerprint density at radius 1 is 1.21 bits per heavy atom. The molecule has 24 heavy (non-hydrogen) atoms. The molecule has 0 radical (unpaired) electrons. The van der Waals surface area contributed by atoms with Gasteiger partial charge in [-0.25, -0.2) is 0 Å². The average molecular weight is 448 g/mol. The van der Waals surface area contributed by atoms with Gasteiger partial charge in [0.05, 0.1) is 6.61 Å². The third kappa shape index (κ3) is 8.84. The Morgan fingerprint density at radius 3 is 2.46 bits per heavy atom. The number of nitrogens with zero attached hydrogens (tertiary/aromatic N) is 2. The number of hydrogen-bond donors (Lipinski definition) is 2. The summed E-state index contributed by atoms with van der Waals surface area (Å²) >= 11 is 0. The Morgan fingerprint density at radius 2 is 1.88 bits per heavy atom. The molecule has 1 aromatic carbocycles. The van der Waals surface area contributed by atoms with Crippen molar-refractivity contribution >= 4 is 29.9 Å². The number of rotatable bonds is 9. The summed E-state index contributed by atoms with van der Waals surface area (Å²) < 4.78 is 5.33. The van der Waals surface area contributed by atoms with Crippen molar-refractivity contribution in [1.29, 1.82) is 0 Å². The third-order valence-corrected chi connectivity index (χ3v) is 3.83. The molecule has 5 nitrogen and oxygen atoms in total. The van der Waals surface area contributed by atoms with Crippen LogP contribution in [0.2, 0.25) is 0 Å². The van der Waals surface area contributed by atoms with Crippen LogP contribution in [0.4, 0.5) is 0 Å². The molecule has 6 heteroatoms. The van der Waals surface area contributed by atoms with Crippen molar-refractivity contribution in [3.63, 3.8) is 0 Å². The van der Waals surface area contributed by atoms with E-state index in [2.05, 4.69) is 65.7 Å². The molecule has 0 saturated carbocycles. The molecule has 0 aliphatic rings. The fraction of sp³-hybridized carbons (Fsp3) is 0.611. The number of benzene rings is 1. The lowest BCUT2D eigenvalue weighted by Gasteiger charge is -2.23. The average Bonchev–Trinajstić information content (AvgIpc) is 2.55. The van der Waals surface area contributed by atoms with Gasteiger partial charge >= 0.3 is 0 Å². The first-order valence-electron chi connectivity index (χ1n) is 8.37. The van der Waals surface area contributed by atoms with Gasteiger partial charge in [-0.2, -0.15) is 0 Å². The molecule has 0 spiro atoms. The van der Waals surface area contributed by atoms with Crippen molar-refractivity contribution in [2.45, 2.75) is 39.9 Å². The van der Waals surface area contributed by atoms with Crippen LogP contribution in [0.1, 0.15) is 31.9 Å². The van der Waals surface area contributed by atoms with Crippen LogP contribution in [0.3, 0.4) is 0 Å². The highest BCUT2D eigenvalue weighted by Crippen LogP contribution is 2.12. The van der Waals surface area contributed by atoms with Crippen molar-refractivity contribution in [1.82, 2.24) is 15.5 Å². The lowest BCUT2D eigenvalue weighted by molar-refractivity contribution is 0.152. The number of halogens is 1. The Labute approximate surface area is 164 Å². The van der Waals surface area contributed by atoms with Crippen molar-refractivity contribution < 1.29 is 4.74 Å². The SMILES string of the molecule is CCOCCNC(=NC)NCc1ccccc1CN(C)C(C)C.I. The normalized spacial score (nSPS) is 11.5. The predicted molar refractivity (Wildman–Crippen MR) is 113 cm³/mol. The van der Waals surface area contributed by atoms with Crippen molar-refractivity contribution in [2.24, 2.45) is 4.99 Å². The molecule has 0 fully saturated rings. The number of ether oxygens (including phenoxy) is 1. The van der Waals surface area contributed by atoms with Gasteiger partial charge in [-0.1, -0.05) is 24.3 Å². The second-order valence-electron chi connectivity index (χ2n) is 5.83. The number of aliphatic imine (C=N–C) groups is 1. The molecule has 1 aromatic rings. The number of hydrogen-bond acceptors (Lipinski definition) is 3. The maximum Gasteiger partial charge on any atom is 0.191 e. The molecule has 2 N–H and O–H groups in total. The van der Waals surface area contributed by atoms with Crippen molar-refractivity contribution in [2.75, 3.05) is 33.9 Å². The first-order valence-corrected chi connectivity index (χ1v) is 8.37. The largest absolute Gasteiger partial charge is 0.380 e.